The Morgan fingerprint density at radius 2 is 1.51 bits per heavy atom. The van der Waals surface area contributed by atoms with E-state index in [0.717, 1.165) is 4.90 Å². The highest BCUT2D eigenvalue weighted by atomic mass is 16.6. The molecule has 0 spiro atoms. The number of fused-ring (bicyclic) bond motifs is 1. The molecule has 2 aromatic carbocycles. The number of benzene rings is 2. The second kappa shape index (κ2) is 11.7. The summed E-state index contributed by atoms with van der Waals surface area (Å²) < 4.78 is 10.0. The van der Waals surface area contributed by atoms with Gasteiger partial charge in [0.1, 0.15) is 12.1 Å². The van der Waals surface area contributed by atoms with Crippen molar-refractivity contribution in [1.29, 1.82) is 0 Å². The number of alkyl carbamates (subject to hydrolysis) is 1. The maximum absolute atomic E-state index is 12.7. The molecule has 0 fully saturated rings. The van der Waals surface area contributed by atoms with E-state index >= 15 is 0 Å². The van der Waals surface area contributed by atoms with Gasteiger partial charge in [0.2, 0.25) is 5.91 Å². The van der Waals surface area contributed by atoms with Gasteiger partial charge in [-0.25, -0.2) is 4.79 Å². The molecule has 1 heterocycles. The number of nitrogens with one attached hydrogen (secondary N) is 3. The fourth-order valence-electron chi connectivity index (χ4n) is 3.51. The summed E-state index contributed by atoms with van der Waals surface area (Å²) in [4.78, 5) is 62.8. The molecule has 2 aromatic rings. The summed E-state index contributed by atoms with van der Waals surface area (Å²) in [6.07, 6.45) is -0.177. The topological polar surface area (TPSA) is 143 Å². The van der Waals surface area contributed by atoms with Crippen LogP contribution in [0, 0.1) is 0 Å². The molecule has 37 heavy (non-hydrogen) atoms. The van der Waals surface area contributed by atoms with Crippen molar-refractivity contribution < 1.29 is 33.4 Å². The van der Waals surface area contributed by atoms with Crippen LogP contribution in [0.3, 0.4) is 0 Å². The van der Waals surface area contributed by atoms with Gasteiger partial charge in [0.25, 0.3) is 17.7 Å². The number of carbonyl (C=O) groups excluding carboxylic acids is 5. The van der Waals surface area contributed by atoms with Crippen molar-refractivity contribution in [3.05, 3.63) is 59.2 Å². The lowest BCUT2D eigenvalue weighted by molar-refractivity contribution is -0.115. The van der Waals surface area contributed by atoms with Crippen LogP contribution in [-0.2, 0) is 14.3 Å². The molecule has 0 saturated carbocycles. The Labute approximate surface area is 214 Å². The number of rotatable bonds is 9. The second-order valence-electron chi connectivity index (χ2n) is 9.30. The third kappa shape index (κ3) is 7.37. The first-order valence-corrected chi connectivity index (χ1v) is 11.7. The molecule has 0 aromatic heterocycles. The van der Waals surface area contributed by atoms with Crippen molar-refractivity contribution in [1.82, 2.24) is 10.2 Å². The average Bonchev–Trinajstić information content (AvgIpc) is 3.07. The lowest BCUT2D eigenvalue weighted by Gasteiger charge is -2.19. The van der Waals surface area contributed by atoms with E-state index in [1.165, 1.54) is 18.2 Å². The van der Waals surface area contributed by atoms with Gasteiger partial charge in [-0.05, 0) is 69.7 Å². The molecule has 0 atom stereocenters. The van der Waals surface area contributed by atoms with Crippen molar-refractivity contribution in [2.45, 2.75) is 32.8 Å². The Bertz CT molecular complexity index is 1200. The second-order valence-corrected chi connectivity index (χ2v) is 9.30. The molecule has 11 nitrogen and oxygen atoms in total. The molecule has 11 heteroatoms. The lowest BCUT2D eigenvalue weighted by atomic mass is 10.1. The molecule has 5 amide bonds. The Hall–Kier alpha value is -4.25. The van der Waals surface area contributed by atoms with Crippen LogP contribution in [0.4, 0.5) is 16.2 Å². The summed E-state index contributed by atoms with van der Waals surface area (Å²) in [5, 5.41) is 7.72. The molecule has 3 N–H and O–H groups in total. The van der Waals surface area contributed by atoms with Gasteiger partial charge in [0.05, 0.1) is 11.1 Å². The molecule has 0 radical (unpaired) electrons. The standard InChI is InChI=1S/C26H30N4O7/c1-26(2,3)37-25(35)27-15-21(31)28-17-7-9-18(10-8-17)29-22(32)16-6-11-19-20(14-16)24(34)30(23(19)33)12-5-13-36-4/h6-11,14H,5,12-13,15H2,1-4H3,(H,27,35)(H,28,31)(H,29,32). The smallest absolute Gasteiger partial charge is 0.408 e. The predicted octanol–water partition coefficient (Wildman–Crippen LogP) is 3.03. The number of hydrogen-bond donors (Lipinski definition) is 3. The van der Waals surface area contributed by atoms with Gasteiger partial charge in [-0.3, -0.25) is 24.1 Å². The first-order valence-electron chi connectivity index (χ1n) is 11.7. The highest BCUT2D eigenvalue weighted by Crippen LogP contribution is 2.25. The zero-order valence-electron chi connectivity index (χ0n) is 21.2. The van der Waals surface area contributed by atoms with E-state index in [9.17, 15) is 24.0 Å². The maximum Gasteiger partial charge on any atom is 0.408 e. The van der Waals surface area contributed by atoms with Gasteiger partial charge in [-0.15, -0.1) is 0 Å². The van der Waals surface area contributed by atoms with Gasteiger partial charge in [0.15, 0.2) is 0 Å². The van der Waals surface area contributed by atoms with Crippen molar-refractivity contribution >= 4 is 41.1 Å². The van der Waals surface area contributed by atoms with E-state index in [2.05, 4.69) is 16.0 Å². The molecule has 0 aliphatic carbocycles. The number of nitrogens with zero attached hydrogens (tertiary/aromatic N) is 1. The van der Waals surface area contributed by atoms with Crippen molar-refractivity contribution in [3.63, 3.8) is 0 Å². The molecule has 1 aliphatic heterocycles. The summed E-state index contributed by atoms with van der Waals surface area (Å²) >= 11 is 0. The fourth-order valence-corrected chi connectivity index (χ4v) is 3.51. The SMILES string of the molecule is COCCCN1C(=O)c2ccc(C(=O)Nc3ccc(NC(=O)CNC(=O)OC(C)(C)C)cc3)cc2C1=O. The molecule has 1 aliphatic rings. The van der Waals surface area contributed by atoms with E-state index in [-0.39, 0.29) is 35.7 Å². The van der Waals surface area contributed by atoms with Crippen LogP contribution in [0.15, 0.2) is 42.5 Å². The molecular weight excluding hydrogens is 480 g/mol. The highest BCUT2D eigenvalue weighted by Gasteiger charge is 2.35. The van der Waals surface area contributed by atoms with Gasteiger partial charge in [-0.1, -0.05) is 0 Å². The number of ether oxygens (including phenoxy) is 2. The van der Waals surface area contributed by atoms with Crippen LogP contribution in [0.25, 0.3) is 0 Å². The zero-order valence-corrected chi connectivity index (χ0v) is 21.2. The molecular formula is C26H30N4O7. The summed E-state index contributed by atoms with van der Waals surface area (Å²) in [5.74, 6) is -1.73. The Morgan fingerprint density at radius 3 is 2.14 bits per heavy atom. The number of imide groups is 1. The van der Waals surface area contributed by atoms with Gasteiger partial charge >= 0.3 is 6.09 Å². The van der Waals surface area contributed by atoms with Crippen molar-refractivity contribution in [2.24, 2.45) is 0 Å². The van der Waals surface area contributed by atoms with Crippen LogP contribution in [0.5, 0.6) is 0 Å². The third-order valence-electron chi connectivity index (χ3n) is 5.18. The third-order valence-corrected chi connectivity index (χ3v) is 5.18. The van der Waals surface area contributed by atoms with E-state index in [4.69, 9.17) is 9.47 Å². The lowest BCUT2D eigenvalue weighted by Crippen LogP contribution is -2.37. The Morgan fingerprint density at radius 1 is 0.892 bits per heavy atom. The number of methoxy groups -OCH3 is 1. The monoisotopic (exact) mass is 510 g/mol. The van der Waals surface area contributed by atoms with Gasteiger partial charge < -0.3 is 25.4 Å². The van der Waals surface area contributed by atoms with E-state index < -0.39 is 29.4 Å². The molecule has 0 unspecified atom stereocenters. The van der Waals surface area contributed by atoms with E-state index in [1.807, 2.05) is 0 Å². The summed E-state index contributed by atoms with van der Waals surface area (Å²) in [6.45, 7) is 5.55. The largest absolute Gasteiger partial charge is 0.444 e. The maximum atomic E-state index is 12.7. The van der Waals surface area contributed by atoms with Crippen LogP contribution >= 0.6 is 0 Å². The van der Waals surface area contributed by atoms with Crippen LogP contribution in [0.1, 0.15) is 58.3 Å². The zero-order chi connectivity index (χ0) is 27.2. The van der Waals surface area contributed by atoms with Crippen LogP contribution < -0.4 is 16.0 Å². The van der Waals surface area contributed by atoms with E-state index in [0.29, 0.717) is 24.4 Å². The quantitative estimate of drug-likeness (QED) is 0.348. The predicted molar refractivity (Wildman–Crippen MR) is 136 cm³/mol. The summed E-state index contributed by atoms with van der Waals surface area (Å²) in [5.41, 5.74) is 0.929. The van der Waals surface area contributed by atoms with Gasteiger partial charge in [-0.2, -0.15) is 0 Å². The summed E-state index contributed by atoms with van der Waals surface area (Å²) in [7, 11) is 1.55. The van der Waals surface area contributed by atoms with E-state index in [1.54, 1.807) is 52.1 Å². The average molecular weight is 511 g/mol. The van der Waals surface area contributed by atoms with Crippen LogP contribution in [0.2, 0.25) is 0 Å². The minimum Gasteiger partial charge on any atom is -0.444 e. The minimum absolute atomic E-state index is 0.188. The Balaban J connectivity index is 1.55. The van der Waals surface area contributed by atoms with Crippen molar-refractivity contribution in [3.8, 4) is 0 Å². The first kappa shape index (κ1) is 27.3. The van der Waals surface area contributed by atoms with Gasteiger partial charge in [0, 0.05) is 37.2 Å². The molecule has 0 saturated heterocycles. The minimum atomic E-state index is -0.697. The van der Waals surface area contributed by atoms with Crippen molar-refractivity contribution in [2.75, 3.05) is 37.4 Å². The number of hydrogen-bond acceptors (Lipinski definition) is 7. The highest BCUT2D eigenvalue weighted by molar-refractivity contribution is 6.22. The number of amides is 5. The first-order chi connectivity index (χ1) is 17.5. The number of anilines is 2. The normalized spacial score (nSPS) is 12.7. The molecule has 0 bridgehead atoms. The molecule has 196 valence electrons. The fraction of sp³-hybridized carbons (Fsp3) is 0.346. The van der Waals surface area contributed by atoms with Crippen LogP contribution in [-0.4, -0.2) is 67.0 Å². The number of carbonyl (C=O) groups is 5. The molecule has 3 rings (SSSR count). The summed E-state index contributed by atoms with van der Waals surface area (Å²) in [6, 6.07) is 10.7. The Kier molecular flexibility index (Phi) is 8.61.